The van der Waals surface area contributed by atoms with Crippen LogP contribution in [0.2, 0.25) is 0 Å². The van der Waals surface area contributed by atoms with Gasteiger partial charge in [-0.1, -0.05) is 18.2 Å². The van der Waals surface area contributed by atoms with Crippen LogP contribution in [0.25, 0.3) is 11.1 Å². The van der Waals surface area contributed by atoms with Gasteiger partial charge < -0.3 is 4.90 Å². The molecule has 1 saturated heterocycles. The average molecular weight is 503 g/mol. The summed E-state index contributed by atoms with van der Waals surface area (Å²) in [6, 6.07) is 4.21. The van der Waals surface area contributed by atoms with E-state index in [9.17, 15) is 30.8 Å². The number of likely N-dealkylation sites (tertiary alicyclic amines) is 1. The number of nitrogens with zero attached hydrogens (tertiary/aromatic N) is 1. The number of sulfonamides is 1. The van der Waals surface area contributed by atoms with Crippen LogP contribution in [0.5, 0.6) is 0 Å². The summed E-state index contributed by atoms with van der Waals surface area (Å²) in [4.78, 5) is 13.5. The van der Waals surface area contributed by atoms with Gasteiger partial charge in [0.15, 0.2) is 0 Å². The van der Waals surface area contributed by atoms with Gasteiger partial charge in [0.05, 0.1) is 11.8 Å². The van der Waals surface area contributed by atoms with Gasteiger partial charge in [-0.15, -0.1) is 0 Å². The molecule has 1 aliphatic heterocycles. The Morgan fingerprint density at radius 3 is 2.38 bits per heavy atom. The number of hydrogen-bond acceptors (Lipinski definition) is 3. The molecule has 2 aromatic rings. The van der Waals surface area contributed by atoms with Crippen LogP contribution >= 0.6 is 0 Å². The number of piperidine rings is 1. The van der Waals surface area contributed by atoms with Crippen LogP contribution in [-0.2, 0) is 21.2 Å². The Kier molecular flexibility index (Phi) is 6.22. The Morgan fingerprint density at radius 1 is 1.15 bits per heavy atom. The zero-order chi connectivity index (χ0) is 25.0. The predicted octanol–water partition coefficient (Wildman–Crippen LogP) is 3.88. The lowest BCUT2D eigenvalue weighted by Crippen LogP contribution is -2.54. The molecule has 4 atom stereocenters. The maximum absolute atomic E-state index is 15.4. The molecular formula is C23H23F5N2O3S. The highest BCUT2D eigenvalue weighted by atomic mass is 32.2. The topological polar surface area (TPSA) is 66.5 Å². The fourth-order valence-electron chi connectivity index (χ4n) is 4.72. The monoisotopic (exact) mass is 502 g/mol. The van der Waals surface area contributed by atoms with Gasteiger partial charge >= 0.3 is 5.92 Å². The van der Waals surface area contributed by atoms with Gasteiger partial charge in [-0.2, -0.15) is 8.78 Å². The molecule has 4 rings (SSSR count). The summed E-state index contributed by atoms with van der Waals surface area (Å²) in [5.41, 5.74) is -0.155. The first-order valence-electron chi connectivity index (χ1n) is 10.8. The third kappa shape index (κ3) is 4.68. The summed E-state index contributed by atoms with van der Waals surface area (Å²) in [5, 5.41) is 0. The Balaban J connectivity index is 1.72. The standard InChI is InChI=1S/C23H23F5N2O3S/c1-3-34(32,33)29-21-17-11-18(17)30(22(31)23(2,27)28)19(21)9-12-5-4-6-16(20(12)26)13-7-14(24)10-15(25)8-13/h4-8,10,17-19,21,29H,3,9,11H2,1-2H3/t17-,18+,19+,21+/m0/s1. The molecule has 2 aliphatic rings. The van der Waals surface area contributed by atoms with Crippen molar-refractivity contribution >= 4 is 15.9 Å². The molecule has 184 valence electrons. The zero-order valence-corrected chi connectivity index (χ0v) is 19.2. The molecule has 2 aromatic carbocycles. The minimum atomic E-state index is -3.74. The van der Waals surface area contributed by atoms with Gasteiger partial charge in [-0.3, -0.25) is 4.79 Å². The quantitative estimate of drug-likeness (QED) is 0.585. The van der Waals surface area contributed by atoms with Crippen molar-refractivity contribution in [1.29, 1.82) is 0 Å². The van der Waals surface area contributed by atoms with Gasteiger partial charge in [0.25, 0.3) is 5.91 Å². The molecule has 5 nitrogen and oxygen atoms in total. The van der Waals surface area contributed by atoms with Crippen LogP contribution in [0.4, 0.5) is 22.0 Å². The first-order chi connectivity index (χ1) is 15.8. The smallest absolute Gasteiger partial charge is 0.322 e. The van der Waals surface area contributed by atoms with E-state index in [2.05, 4.69) is 4.72 Å². The molecule has 0 spiro atoms. The van der Waals surface area contributed by atoms with Gasteiger partial charge in [-0.25, -0.2) is 26.3 Å². The van der Waals surface area contributed by atoms with Gasteiger partial charge in [-0.05, 0) is 48.9 Å². The molecule has 1 saturated carbocycles. The molecule has 2 fully saturated rings. The van der Waals surface area contributed by atoms with Crippen LogP contribution in [0.1, 0.15) is 25.8 Å². The molecule has 0 unspecified atom stereocenters. The van der Waals surface area contributed by atoms with Crippen molar-refractivity contribution in [3.8, 4) is 11.1 Å². The van der Waals surface area contributed by atoms with Crippen molar-refractivity contribution in [2.45, 2.75) is 50.7 Å². The third-order valence-corrected chi connectivity index (χ3v) is 7.77. The second kappa shape index (κ2) is 8.60. The van der Waals surface area contributed by atoms with Crippen LogP contribution in [0.15, 0.2) is 36.4 Å². The Hall–Kier alpha value is -2.53. The summed E-state index contributed by atoms with van der Waals surface area (Å²) >= 11 is 0. The molecule has 11 heteroatoms. The van der Waals surface area contributed by atoms with E-state index in [1.54, 1.807) is 0 Å². The summed E-state index contributed by atoms with van der Waals surface area (Å²) in [6.07, 6.45) is 0.101. The van der Waals surface area contributed by atoms with E-state index in [0.717, 1.165) is 17.0 Å². The van der Waals surface area contributed by atoms with E-state index in [1.165, 1.54) is 25.1 Å². The molecule has 1 heterocycles. The molecule has 0 aromatic heterocycles. The molecule has 1 amide bonds. The van der Waals surface area contributed by atoms with Crippen molar-refractivity contribution in [3.05, 3.63) is 59.4 Å². The maximum atomic E-state index is 15.4. The fraction of sp³-hybridized carbons (Fsp3) is 0.435. The molecule has 34 heavy (non-hydrogen) atoms. The summed E-state index contributed by atoms with van der Waals surface area (Å²) in [5.74, 6) is -8.38. The van der Waals surface area contributed by atoms with Crippen LogP contribution < -0.4 is 4.72 Å². The van der Waals surface area contributed by atoms with Crippen molar-refractivity contribution in [1.82, 2.24) is 9.62 Å². The number of rotatable bonds is 7. The predicted molar refractivity (Wildman–Crippen MR) is 115 cm³/mol. The van der Waals surface area contributed by atoms with Crippen molar-refractivity contribution < 1.29 is 35.2 Å². The van der Waals surface area contributed by atoms with E-state index in [-0.39, 0.29) is 34.8 Å². The van der Waals surface area contributed by atoms with E-state index in [4.69, 9.17) is 0 Å². The van der Waals surface area contributed by atoms with E-state index < -0.39 is 57.4 Å². The Labute approximate surface area is 194 Å². The first-order valence-corrected chi connectivity index (χ1v) is 12.4. The largest absolute Gasteiger partial charge is 0.329 e. The number of benzene rings is 2. The van der Waals surface area contributed by atoms with Gasteiger partial charge in [0.2, 0.25) is 10.0 Å². The molecule has 0 radical (unpaired) electrons. The van der Waals surface area contributed by atoms with Crippen LogP contribution in [-0.4, -0.2) is 49.0 Å². The van der Waals surface area contributed by atoms with E-state index in [1.807, 2.05) is 0 Å². The van der Waals surface area contributed by atoms with E-state index in [0.29, 0.717) is 19.4 Å². The Bertz CT molecular complexity index is 1210. The number of nitrogens with one attached hydrogen (secondary N) is 1. The normalized spacial score (nSPS) is 24.3. The van der Waals surface area contributed by atoms with Gasteiger partial charge in [0, 0.05) is 30.6 Å². The molecule has 1 N–H and O–H groups in total. The number of alkyl halides is 2. The fourth-order valence-corrected chi connectivity index (χ4v) is 5.63. The van der Waals surface area contributed by atoms with Crippen molar-refractivity contribution in [2.24, 2.45) is 5.92 Å². The third-order valence-electron chi connectivity index (χ3n) is 6.38. The molecule has 0 bridgehead atoms. The van der Waals surface area contributed by atoms with Crippen molar-refractivity contribution in [3.63, 3.8) is 0 Å². The number of amides is 1. The van der Waals surface area contributed by atoms with Crippen molar-refractivity contribution in [2.75, 3.05) is 5.75 Å². The minimum Gasteiger partial charge on any atom is -0.329 e. The lowest BCUT2D eigenvalue weighted by atomic mass is 9.94. The highest BCUT2D eigenvalue weighted by molar-refractivity contribution is 7.89. The number of halogens is 5. The van der Waals surface area contributed by atoms with Gasteiger partial charge in [0.1, 0.15) is 17.5 Å². The number of carbonyl (C=O) groups is 1. The Morgan fingerprint density at radius 2 is 1.79 bits per heavy atom. The summed E-state index contributed by atoms with van der Waals surface area (Å²) < 4.78 is 97.7. The number of fused-ring (bicyclic) bond motifs is 1. The van der Waals surface area contributed by atoms with Crippen LogP contribution in [0, 0.1) is 23.4 Å². The second-order valence-electron chi connectivity index (χ2n) is 8.82. The maximum Gasteiger partial charge on any atom is 0.322 e. The highest BCUT2D eigenvalue weighted by Crippen LogP contribution is 2.50. The minimum absolute atomic E-state index is 0.00591. The zero-order valence-electron chi connectivity index (χ0n) is 18.4. The lowest BCUT2D eigenvalue weighted by Gasteiger charge is -2.33. The molecule has 1 aliphatic carbocycles. The SMILES string of the molecule is CCS(=O)(=O)N[C@@H]1[C@H]2C[C@H]2N(C(=O)C(C)(F)F)[C@@H]1Cc1cccc(-c2cc(F)cc(F)c2)c1F. The number of hydrogen-bond donors (Lipinski definition) is 1. The lowest BCUT2D eigenvalue weighted by molar-refractivity contribution is -0.157. The highest BCUT2D eigenvalue weighted by Gasteiger charge is 2.63. The average Bonchev–Trinajstić information content (AvgIpc) is 3.46. The number of carbonyl (C=O) groups excluding carboxylic acids is 1. The van der Waals surface area contributed by atoms with Crippen LogP contribution in [0.3, 0.4) is 0 Å². The summed E-state index contributed by atoms with van der Waals surface area (Å²) in [7, 11) is -3.74. The molecular weight excluding hydrogens is 479 g/mol. The second-order valence-corrected chi connectivity index (χ2v) is 10.9. The summed E-state index contributed by atoms with van der Waals surface area (Å²) in [6.45, 7) is 1.88. The first kappa shape index (κ1) is 24.6. The van der Waals surface area contributed by atoms with E-state index >= 15 is 4.39 Å².